The van der Waals surface area contributed by atoms with Gasteiger partial charge in [0.15, 0.2) is 11.5 Å². The molecule has 21 heavy (non-hydrogen) atoms. The molecule has 0 bridgehead atoms. The van der Waals surface area contributed by atoms with E-state index in [1.54, 1.807) is 37.3 Å². The fourth-order valence-corrected chi connectivity index (χ4v) is 2.07. The van der Waals surface area contributed by atoms with Crippen LogP contribution in [0.15, 0.2) is 46.9 Å². The number of carbonyl (C=O) groups is 1. The molecule has 0 aliphatic rings. The molecule has 106 valence electrons. The van der Waals surface area contributed by atoms with Crippen molar-refractivity contribution in [3.63, 3.8) is 0 Å². The summed E-state index contributed by atoms with van der Waals surface area (Å²) in [6.07, 6.45) is 0. The van der Waals surface area contributed by atoms with E-state index in [0.717, 1.165) is 5.56 Å². The minimum Gasteiger partial charge on any atom is -0.441 e. The van der Waals surface area contributed by atoms with Gasteiger partial charge in [0.2, 0.25) is 0 Å². The van der Waals surface area contributed by atoms with Crippen LogP contribution >= 0.6 is 0 Å². The lowest BCUT2D eigenvalue weighted by molar-refractivity contribution is 0.0951. The summed E-state index contributed by atoms with van der Waals surface area (Å²) in [6.45, 7) is 2.10. The number of aromatic nitrogens is 1. The number of carbonyl (C=O) groups excluding carboxylic acids is 1. The smallest absolute Gasteiger partial charge is 0.251 e. The highest BCUT2D eigenvalue weighted by molar-refractivity contribution is 5.97. The van der Waals surface area contributed by atoms with Crippen molar-refractivity contribution in [3.8, 4) is 0 Å². The molecule has 2 aromatic carbocycles. The van der Waals surface area contributed by atoms with Gasteiger partial charge in [-0.05, 0) is 35.9 Å². The van der Waals surface area contributed by atoms with Gasteiger partial charge in [0.25, 0.3) is 5.91 Å². The number of rotatable bonds is 3. The van der Waals surface area contributed by atoms with Crippen molar-refractivity contribution < 1.29 is 13.6 Å². The summed E-state index contributed by atoms with van der Waals surface area (Å²) in [5.74, 6) is 0.0627. The molecule has 0 saturated heterocycles. The Labute approximate surface area is 120 Å². The highest BCUT2D eigenvalue weighted by Crippen LogP contribution is 2.16. The van der Waals surface area contributed by atoms with E-state index in [1.165, 1.54) is 12.1 Å². The minimum atomic E-state index is -0.295. The molecule has 0 unspecified atom stereocenters. The maximum absolute atomic E-state index is 12.8. The zero-order valence-corrected chi connectivity index (χ0v) is 11.4. The molecule has 0 radical (unpaired) electrons. The number of nitrogens with one attached hydrogen (secondary N) is 1. The third kappa shape index (κ3) is 2.91. The Bertz CT molecular complexity index is 794. The first-order valence-corrected chi connectivity index (χ1v) is 6.52. The second-order valence-corrected chi connectivity index (χ2v) is 4.72. The Kier molecular flexibility index (Phi) is 3.39. The number of halogens is 1. The van der Waals surface area contributed by atoms with Crippen LogP contribution in [0.2, 0.25) is 0 Å². The molecular weight excluding hydrogens is 271 g/mol. The molecular formula is C16H13FN2O2. The Balaban J connectivity index is 1.72. The maximum atomic E-state index is 12.8. The van der Waals surface area contributed by atoms with Gasteiger partial charge >= 0.3 is 0 Å². The Morgan fingerprint density at radius 2 is 2.00 bits per heavy atom. The number of fused-ring (bicyclic) bond motifs is 1. The van der Waals surface area contributed by atoms with Crippen molar-refractivity contribution in [3.05, 3.63) is 65.3 Å². The topological polar surface area (TPSA) is 55.1 Å². The molecule has 0 atom stereocenters. The molecule has 3 rings (SSSR count). The van der Waals surface area contributed by atoms with Gasteiger partial charge in [0.1, 0.15) is 11.3 Å². The van der Waals surface area contributed by atoms with E-state index in [2.05, 4.69) is 10.3 Å². The van der Waals surface area contributed by atoms with Gasteiger partial charge in [-0.2, -0.15) is 0 Å². The average Bonchev–Trinajstić information content (AvgIpc) is 2.85. The first kappa shape index (κ1) is 13.3. The van der Waals surface area contributed by atoms with Gasteiger partial charge in [-0.25, -0.2) is 9.37 Å². The number of benzene rings is 2. The van der Waals surface area contributed by atoms with Gasteiger partial charge < -0.3 is 9.73 Å². The second kappa shape index (κ2) is 5.36. The standard InChI is InChI=1S/C16H13FN2O2/c1-10-19-14-8-12(4-7-15(14)21-10)16(20)18-9-11-2-5-13(17)6-3-11/h2-8H,9H2,1H3,(H,18,20). The molecule has 4 nitrogen and oxygen atoms in total. The lowest BCUT2D eigenvalue weighted by Gasteiger charge is -2.05. The molecule has 0 aliphatic carbocycles. The highest BCUT2D eigenvalue weighted by Gasteiger charge is 2.09. The van der Waals surface area contributed by atoms with Gasteiger partial charge in [-0.3, -0.25) is 4.79 Å². The lowest BCUT2D eigenvalue weighted by atomic mass is 10.1. The van der Waals surface area contributed by atoms with Gasteiger partial charge in [0, 0.05) is 19.0 Å². The molecule has 5 heteroatoms. The van der Waals surface area contributed by atoms with E-state index in [4.69, 9.17) is 4.42 Å². The van der Waals surface area contributed by atoms with Gasteiger partial charge in [0.05, 0.1) is 0 Å². The van der Waals surface area contributed by atoms with Gasteiger partial charge in [-0.15, -0.1) is 0 Å². The first-order valence-electron chi connectivity index (χ1n) is 6.52. The Morgan fingerprint density at radius 3 is 2.76 bits per heavy atom. The summed E-state index contributed by atoms with van der Waals surface area (Å²) in [6, 6.07) is 11.1. The van der Waals surface area contributed by atoms with Crippen LogP contribution in [0.1, 0.15) is 21.8 Å². The summed E-state index contributed by atoms with van der Waals surface area (Å²) in [7, 11) is 0. The van der Waals surface area contributed by atoms with E-state index < -0.39 is 0 Å². The lowest BCUT2D eigenvalue weighted by Crippen LogP contribution is -2.22. The SMILES string of the molecule is Cc1nc2cc(C(=O)NCc3ccc(F)cc3)ccc2o1. The number of amides is 1. The first-order chi connectivity index (χ1) is 10.1. The number of hydrogen-bond donors (Lipinski definition) is 1. The third-order valence-corrected chi connectivity index (χ3v) is 3.12. The van der Waals surface area contributed by atoms with Crippen LogP contribution in [0.5, 0.6) is 0 Å². The highest BCUT2D eigenvalue weighted by atomic mass is 19.1. The summed E-state index contributed by atoms with van der Waals surface area (Å²) < 4.78 is 18.2. The zero-order chi connectivity index (χ0) is 14.8. The minimum absolute atomic E-state index is 0.207. The van der Waals surface area contributed by atoms with E-state index in [9.17, 15) is 9.18 Å². The molecule has 3 aromatic rings. The molecule has 1 N–H and O–H groups in total. The zero-order valence-electron chi connectivity index (χ0n) is 11.4. The van der Waals surface area contributed by atoms with Crippen molar-refractivity contribution in [1.82, 2.24) is 10.3 Å². The van der Waals surface area contributed by atoms with E-state index in [1.807, 2.05) is 0 Å². The van der Waals surface area contributed by atoms with Crippen LogP contribution in [-0.4, -0.2) is 10.9 Å². The van der Waals surface area contributed by atoms with E-state index in [-0.39, 0.29) is 11.7 Å². The van der Waals surface area contributed by atoms with Crippen LogP contribution in [0, 0.1) is 12.7 Å². The quantitative estimate of drug-likeness (QED) is 0.803. The average molecular weight is 284 g/mol. The van der Waals surface area contributed by atoms with Crippen molar-refractivity contribution in [2.45, 2.75) is 13.5 Å². The Morgan fingerprint density at radius 1 is 1.24 bits per heavy atom. The summed E-state index contributed by atoms with van der Waals surface area (Å²) in [5.41, 5.74) is 2.66. The van der Waals surface area contributed by atoms with Crippen molar-refractivity contribution in [1.29, 1.82) is 0 Å². The van der Waals surface area contributed by atoms with Crippen LogP contribution < -0.4 is 5.32 Å². The maximum Gasteiger partial charge on any atom is 0.251 e. The fourth-order valence-electron chi connectivity index (χ4n) is 2.07. The number of aryl methyl sites for hydroxylation is 1. The predicted molar refractivity (Wildman–Crippen MR) is 76.3 cm³/mol. The largest absolute Gasteiger partial charge is 0.441 e. The summed E-state index contributed by atoms with van der Waals surface area (Å²) in [5, 5.41) is 2.79. The molecule has 1 amide bonds. The van der Waals surface area contributed by atoms with Crippen LogP contribution in [0.3, 0.4) is 0 Å². The van der Waals surface area contributed by atoms with E-state index in [0.29, 0.717) is 29.1 Å². The van der Waals surface area contributed by atoms with Crippen LogP contribution in [0.25, 0.3) is 11.1 Å². The van der Waals surface area contributed by atoms with Crippen LogP contribution in [0.4, 0.5) is 4.39 Å². The van der Waals surface area contributed by atoms with Crippen molar-refractivity contribution >= 4 is 17.0 Å². The number of oxazole rings is 1. The molecule has 0 spiro atoms. The predicted octanol–water partition coefficient (Wildman–Crippen LogP) is 3.21. The molecule has 0 aliphatic heterocycles. The van der Waals surface area contributed by atoms with Crippen molar-refractivity contribution in [2.75, 3.05) is 0 Å². The second-order valence-electron chi connectivity index (χ2n) is 4.72. The number of nitrogens with zero attached hydrogens (tertiary/aromatic N) is 1. The Hall–Kier alpha value is -2.69. The third-order valence-electron chi connectivity index (χ3n) is 3.12. The molecule has 0 fully saturated rings. The number of hydrogen-bond acceptors (Lipinski definition) is 3. The monoisotopic (exact) mass is 284 g/mol. The molecule has 1 aromatic heterocycles. The molecule has 0 saturated carbocycles. The van der Waals surface area contributed by atoms with Gasteiger partial charge in [-0.1, -0.05) is 12.1 Å². The normalized spacial score (nSPS) is 10.8. The van der Waals surface area contributed by atoms with E-state index >= 15 is 0 Å². The summed E-state index contributed by atoms with van der Waals surface area (Å²) in [4.78, 5) is 16.3. The molecule has 1 heterocycles. The van der Waals surface area contributed by atoms with Crippen molar-refractivity contribution in [2.24, 2.45) is 0 Å². The van der Waals surface area contributed by atoms with Crippen LogP contribution in [-0.2, 0) is 6.54 Å². The summed E-state index contributed by atoms with van der Waals surface area (Å²) >= 11 is 0. The fraction of sp³-hybridized carbons (Fsp3) is 0.125.